The first kappa shape index (κ1) is 24.5. The second-order valence-corrected chi connectivity index (χ2v) is 11.4. The van der Waals surface area contributed by atoms with Crippen molar-refractivity contribution < 1.29 is 9.47 Å². The Labute approximate surface area is 229 Å². The monoisotopic (exact) mass is 712 g/mol. The van der Waals surface area contributed by atoms with Crippen molar-refractivity contribution in [2.24, 2.45) is 0 Å². The summed E-state index contributed by atoms with van der Waals surface area (Å²) in [5.74, 6) is 2.79. The van der Waals surface area contributed by atoms with Crippen LogP contribution in [0.1, 0.15) is 0 Å². The molecule has 4 aromatic carbocycles. The molecule has 168 valence electrons. The van der Waals surface area contributed by atoms with Crippen molar-refractivity contribution in [3.8, 4) is 23.0 Å². The Balaban J connectivity index is 1.53. The van der Waals surface area contributed by atoms with E-state index in [-0.39, 0.29) is 0 Å². The fraction of sp³-hybridized carbons (Fsp3) is 0. The Morgan fingerprint density at radius 1 is 0.515 bits per heavy atom. The Bertz CT molecular complexity index is 1150. The maximum Gasteiger partial charge on any atom is 0.155 e. The lowest BCUT2D eigenvalue weighted by atomic mass is 10.3. The summed E-state index contributed by atoms with van der Waals surface area (Å²) in [6.07, 6.45) is 0. The average molecular weight is 716 g/mol. The molecule has 0 unspecified atom stereocenters. The highest BCUT2D eigenvalue weighted by Crippen LogP contribution is 2.45. The third-order valence-corrected chi connectivity index (χ3v) is 7.68. The van der Waals surface area contributed by atoms with Crippen molar-refractivity contribution in [3.05, 3.63) is 90.7 Å². The summed E-state index contributed by atoms with van der Waals surface area (Å²) in [6, 6.07) is 22.6. The Morgan fingerprint density at radius 2 is 0.818 bits per heavy atom. The molecule has 0 fully saturated rings. The van der Waals surface area contributed by atoms with Gasteiger partial charge in [-0.25, -0.2) is 0 Å². The van der Waals surface area contributed by atoms with E-state index in [2.05, 4.69) is 63.7 Å². The molecule has 0 spiro atoms. The largest absolute Gasteiger partial charge is 0.455 e. The molecule has 4 N–H and O–H groups in total. The molecule has 0 heterocycles. The summed E-state index contributed by atoms with van der Waals surface area (Å²) in [6.45, 7) is 0. The second-order valence-electron chi connectivity index (χ2n) is 6.88. The minimum absolute atomic E-state index is 0.689. The Kier molecular flexibility index (Phi) is 7.96. The van der Waals surface area contributed by atoms with E-state index in [0.717, 1.165) is 27.7 Å². The molecular formula is C24H16Br4N2O2S. The normalized spacial score (nSPS) is 10.8. The standard InChI is InChI=1S/C24H16Br4N2O2S/c25-19-9-17(10-20(26)23(19)31-15-5-1-13(29)2-6-15)33-18-11-21(27)24(22(28)12-18)32-16-7-3-14(30)4-8-16/h1-12H,29-30H2. The molecule has 33 heavy (non-hydrogen) atoms. The predicted molar refractivity (Wildman–Crippen MR) is 150 cm³/mol. The SMILES string of the molecule is Nc1ccc(Oc2c(Br)cc(Sc3cc(Br)c(Oc4ccc(N)cc4)c(Br)c3)cc2Br)cc1. The van der Waals surface area contributed by atoms with E-state index in [1.54, 1.807) is 36.0 Å². The summed E-state index contributed by atoms with van der Waals surface area (Å²) in [5.41, 5.74) is 12.9. The molecule has 0 saturated carbocycles. The number of hydrogen-bond acceptors (Lipinski definition) is 5. The van der Waals surface area contributed by atoms with Crippen LogP contribution in [-0.2, 0) is 0 Å². The maximum atomic E-state index is 6.02. The zero-order valence-corrected chi connectivity index (χ0v) is 24.0. The summed E-state index contributed by atoms with van der Waals surface area (Å²) in [7, 11) is 0. The number of anilines is 2. The summed E-state index contributed by atoms with van der Waals surface area (Å²) in [4.78, 5) is 2.06. The predicted octanol–water partition coefficient (Wildman–Crippen LogP) is 9.64. The molecule has 4 nitrogen and oxygen atoms in total. The van der Waals surface area contributed by atoms with Crippen molar-refractivity contribution >= 4 is 86.9 Å². The van der Waals surface area contributed by atoms with Gasteiger partial charge in [0.1, 0.15) is 11.5 Å². The van der Waals surface area contributed by atoms with Crippen LogP contribution in [0.3, 0.4) is 0 Å². The highest BCUT2D eigenvalue weighted by atomic mass is 79.9. The molecule has 4 rings (SSSR count). The molecule has 0 aromatic heterocycles. The molecule has 0 atom stereocenters. The zero-order valence-electron chi connectivity index (χ0n) is 16.8. The van der Waals surface area contributed by atoms with Gasteiger partial charge in [0.15, 0.2) is 11.5 Å². The lowest BCUT2D eigenvalue weighted by Crippen LogP contribution is -1.90. The zero-order chi connectivity index (χ0) is 23.5. The van der Waals surface area contributed by atoms with Gasteiger partial charge in [-0.1, -0.05) is 11.8 Å². The van der Waals surface area contributed by atoms with E-state index < -0.39 is 0 Å². The van der Waals surface area contributed by atoms with E-state index >= 15 is 0 Å². The van der Waals surface area contributed by atoms with Gasteiger partial charge in [0.2, 0.25) is 0 Å². The second kappa shape index (κ2) is 10.7. The average Bonchev–Trinajstić information content (AvgIpc) is 2.76. The first-order chi connectivity index (χ1) is 15.8. The van der Waals surface area contributed by atoms with Gasteiger partial charge in [0.25, 0.3) is 0 Å². The lowest BCUT2D eigenvalue weighted by molar-refractivity contribution is 0.476. The maximum absolute atomic E-state index is 6.02. The summed E-state index contributed by atoms with van der Waals surface area (Å²) in [5, 5.41) is 0. The van der Waals surface area contributed by atoms with E-state index in [1.165, 1.54) is 0 Å². The van der Waals surface area contributed by atoms with Gasteiger partial charge in [-0.15, -0.1) is 0 Å². The third-order valence-electron chi connectivity index (χ3n) is 4.38. The van der Waals surface area contributed by atoms with E-state index in [9.17, 15) is 0 Å². The molecule has 0 saturated heterocycles. The van der Waals surface area contributed by atoms with Crippen molar-refractivity contribution in [1.82, 2.24) is 0 Å². The summed E-state index contributed by atoms with van der Waals surface area (Å²) >= 11 is 16.1. The van der Waals surface area contributed by atoms with Crippen LogP contribution in [0.2, 0.25) is 0 Å². The fourth-order valence-corrected chi connectivity index (χ4v) is 7.11. The molecule has 0 aliphatic heterocycles. The Hall–Kier alpha value is -1.65. The van der Waals surface area contributed by atoms with Crippen LogP contribution in [0.25, 0.3) is 0 Å². The summed E-state index contributed by atoms with van der Waals surface area (Å²) < 4.78 is 15.4. The van der Waals surface area contributed by atoms with Gasteiger partial charge in [0, 0.05) is 21.2 Å². The van der Waals surface area contributed by atoms with Crippen LogP contribution in [0.5, 0.6) is 23.0 Å². The minimum atomic E-state index is 0.689. The van der Waals surface area contributed by atoms with Crippen LogP contribution in [0.4, 0.5) is 11.4 Å². The molecule has 0 amide bonds. The first-order valence-corrected chi connectivity index (χ1v) is 13.5. The van der Waals surface area contributed by atoms with Crippen LogP contribution in [0, 0.1) is 0 Å². The van der Waals surface area contributed by atoms with Crippen molar-refractivity contribution in [2.45, 2.75) is 9.79 Å². The highest BCUT2D eigenvalue weighted by molar-refractivity contribution is 9.11. The van der Waals surface area contributed by atoms with Gasteiger partial charge in [-0.05, 0) is 137 Å². The highest BCUT2D eigenvalue weighted by Gasteiger charge is 2.14. The molecule has 0 radical (unpaired) electrons. The van der Waals surface area contributed by atoms with E-state index in [1.807, 2.05) is 48.5 Å². The third kappa shape index (κ3) is 6.27. The smallest absolute Gasteiger partial charge is 0.155 e. The quantitative estimate of drug-likeness (QED) is 0.195. The number of benzene rings is 4. The molecule has 0 bridgehead atoms. The van der Waals surface area contributed by atoms with E-state index in [0.29, 0.717) is 34.4 Å². The van der Waals surface area contributed by atoms with Gasteiger partial charge in [-0.3, -0.25) is 0 Å². The molecule has 0 aliphatic rings. The van der Waals surface area contributed by atoms with Crippen LogP contribution in [-0.4, -0.2) is 0 Å². The first-order valence-electron chi connectivity index (χ1n) is 9.51. The van der Waals surface area contributed by atoms with Crippen LogP contribution >= 0.6 is 75.5 Å². The van der Waals surface area contributed by atoms with Gasteiger partial charge < -0.3 is 20.9 Å². The van der Waals surface area contributed by atoms with Crippen LogP contribution < -0.4 is 20.9 Å². The number of rotatable bonds is 6. The Morgan fingerprint density at radius 3 is 1.12 bits per heavy atom. The fourth-order valence-electron chi connectivity index (χ4n) is 2.83. The molecule has 4 aromatic rings. The topological polar surface area (TPSA) is 70.5 Å². The lowest BCUT2D eigenvalue weighted by Gasteiger charge is -2.14. The van der Waals surface area contributed by atoms with Gasteiger partial charge >= 0.3 is 0 Å². The van der Waals surface area contributed by atoms with Crippen molar-refractivity contribution in [2.75, 3.05) is 11.5 Å². The minimum Gasteiger partial charge on any atom is -0.455 e. The van der Waals surface area contributed by atoms with Crippen LogP contribution in [0.15, 0.2) is 100 Å². The number of halogens is 4. The number of hydrogen-bond donors (Lipinski definition) is 2. The number of ether oxygens (including phenoxy) is 2. The van der Waals surface area contributed by atoms with E-state index in [4.69, 9.17) is 20.9 Å². The van der Waals surface area contributed by atoms with Crippen molar-refractivity contribution in [1.29, 1.82) is 0 Å². The number of nitrogen functional groups attached to an aromatic ring is 2. The van der Waals surface area contributed by atoms with Crippen molar-refractivity contribution in [3.63, 3.8) is 0 Å². The molecule has 9 heteroatoms. The molecular weight excluding hydrogens is 700 g/mol. The van der Waals surface area contributed by atoms with Gasteiger partial charge in [0.05, 0.1) is 17.9 Å². The van der Waals surface area contributed by atoms with Gasteiger partial charge in [-0.2, -0.15) is 0 Å². The number of nitrogens with two attached hydrogens (primary N) is 2. The molecule has 0 aliphatic carbocycles.